The highest BCUT2D eigenvalue weighted by Crippen LogP contribution is 2.52. The molecule has 1 saturated heterocycles. The number of rotatable bonds is 3. The molecule has 0 radical (unpaired) electrons. The summed E-state index contributed by atoms with van der Waals surface area (Å²) in [5.74, 6) is -0.448. The Hall–Kier alpha value is -3.46. The van der Waals surface area contributed by atoms with Crippen molar-refractivity contribution in [2.75, 3.05) is 0 Å². The summed E-state index contributed by atoms with van der Waals surface area (Å²) in [7, 11) is 0. The number of aromatic nitrogens is 1. The number of fused-ring (bicyclic) bond motifs is 5. The van der Waals surface area contributed by atoms with Gasteiger partial charge in [-0.3, -0.25) is 9.59 Å². The van der Waals surface area contributed by atoms with E-state index in [1.165, 1.54) is 0 Å². The minimum Gasteiger partial charge on any atom is -0.318 e. The Kier molecular flexibility index (Phi) is 3.82. The topological polar surface area (TPSA) is 78.5 Å². The van der Waals surface area contributed by atoms with Crippen LogP contribution < -0.4 is 0 Å². The van der Waals surface area contributed by atoms with Gasteiger partial charge in [0, 0.05) is 22.6 Å². The lowest BCUT2D eigenvalue weighted by Gasteiger charge is -2.13. The maximum absolute atomic E-state index is 12.8. The number of allylic oxidation sites excluding steroid dienone is 2. The van der Waals surface area contributed by atoms with Gasteiger partial charge in [-0.1, -0.05) is 12.2 Å². The van der Waals surface area contributed by atoms with Crippen molar-refractivity contribution in [1.82, 2.24) is 9.58 Å². The first-order valence-corrected chi connectivity index (χ1v) is 9.79. The average Bonchev–Trinajstić information content (AvgIpc) is 3.45. The fraction of sp³-hybridized carbons (Fsp3) is 0.304. The maximum atomic E-state index is 12.8. The molecule has 1 aromatic carbocycles. The van der Waals surface area contributed by atoms with Crippen molar-refractivity contribution in [3.05, 3.63) is 65.0 Å². The van der Waals surface area contributed by atoms with E-state index in [0.29, 0.717) is 5.56 Å². The Labute approximate surface area is 168 Å². The first kappa shape index (κ1) is 17.6. The van der Waals surface area contributed by atoms with E-state index in [1.54, 1.807) is 18.3 Å². The van der Waals surface area contributed by atoms with E-state index in [1.807, 2.05) is 32.0 Å². The van der Waals surface area contributed by atoms with E-state index in [9.17, 15) is 9.59 Å². The van der Waals surface area contributed by atoms with Gasteiger partial charge in [0.15, 0.2) is 0 Å². The monoisotopic (exact) mass is 384 g/mol. The molecule has 2 bridgehead atoms. The molecule has 2 fully saturated rings. The van der Waals surface area contributed by atoms with Crippen LogP contribution in [0.2, 0.25) is 0 Å². The summed E-state index contributed by atoms with van der Waals surface area (Å²) in [4.78, 5) is 25.5. The van der Waals surface area contributed by atoms with E-state index in [4.69, 9.17) is 5.26 Å². The molecule has 2 amide bonds. The van der Waals surface area contributed by atoms with Crippen LogP contribution in [-0.2, 0) is 9.59 Å². The van der Waals surface area contributed by atoms with Gasteiger partial charge in [-0.15, -0.1) is 0 Å². The zero-order valence-electron chi connectivity index (χ0n) is 16.2. The lowest BCUT2D eigenvalue weighted by atomic mass is 9.85. The van der Waals surface area contributed by atoms with Gasteiger partial charge in [0.2, 0.25) is 0 Å². The van der Waals surface area contributed by atoms with Gasteiger partial charge in [0.25, 0.3) is 11.8 Å². The molecule has 0 spiro atoms. The van der Waals surface area contributed by atoms with Gasteiger partial charge in [0.1, 0.15) is 0 Å². The van der Waals surface area contributed by atoms with Crippen LogP contribution in [0.3, 0.4) is 0 Å². The Balaban J connectivity index is 1.43. The summed E-state index contributed by atoms with van der Waals surface area (Å²) >= 11 is 0. The van der Waals surface area contributed by atoms with E-state index in [-0.39, 0.29) is 35.5 Å². The molecule has 29 heavy (non-hydrogen) atoms. The number of hydrazone groups is 1. The lowest BCUT2D eigenvalue weighted by Crippen LogP contribution is -2.28. The molecule has 2 aliphatic carbocycles. The van der Waals surface area contributed by atoms with Crippen LogP contribution in [0.15, 0.2) is 47.6 Å². The summed E-state index contributed by atoms with van der Waals surface area (Å²) in [5.41, 5.74) is 4.37. The molecule has 5 rings (SSSR count). The number of benzene rings is 1. The minimum atomic E-state index is -0.235. The molecule has 6 nitrogen and oxygen atoms in total. The quantitative estimate of drug-likeness (QED) is 0.463. The van der Waals surface area contributed by atoms with E-state index in [0.717, 1.165) is 34.1 Å². The Morgan fingerprint density at radius 2 is 1.69 bits per heavy atom. The largest absolute Gasteiger partial charge is 0.318 e. The van der Waals surface area contributed by atoms with Crippen molar-refractivity contribution in [3.63, 3.8) is 0 Å². The standard InChI is InChI=1S/C23H20N4O2/c1-13-9-18(14(2)26(13)19-7-3-15(11-24)4-8-19)12-25-27-22(28)20-16-5-6-17(10-16)21(20)23(27)29/h3-9,12,16-17,20-21H,10H2,1-2H3. The van der Waals surface area contributed by atoms with Crippen molar-refractivity contribution in [2.45, 2.75) is 20.3 Å². The van der Waals surface area contributed by atoms with Crippen molar-refractivity contribution < 1.29 is 9.59 Å². The smallest absolute Gasteiger partial charge is 0.254 e. The molecule has 1 aromatic heterocycles. The summed E-state index contributed by atoms with van der Waals surface area (Å²) in [6.07, 6.45) is 6.68. The molecular weight excluding hydrogens is 364 g/mol. The molecular formula is C23H20N4O2. The third kappa shape index (κ3) is 2.51. The van der Waals surface area contributed by atoms with Gasteiger partial charge < -0.3 is 4.57 Å². The fourth-order valence-electron chi connectivity index (χ4n) is 5.12. The van der Waals surface area contributed by atoms with Gasteiger partial charge in [-0.25, -0.2) is 0 Å². The van der Waals surface area contributed by atoms with Crippen molar-refractivity contribution in [3.8, 4) is 11.8 Å². The van der Waals surface area contributed by atoms with E-state index in [2.05, 4.69) is 27.9 Å². The number of imide groups is 1. The van der Waals surface area contributed by atoms with Gasteiger partial charge in [0.05, 0.1) is 29.7 Å². The summed E-state index contributed by atoms with van der Waals surface area (Å²) in [6.45, 7) is 3.96. The molecule has 4 unspecified atom stereocenters. The second-order valence-corrected chi connectivity index (χ2v) is 8.05. The molecule has 144 valence electrons. The number of carbonyl (C=O) groups excluding carboxylic acids is 2. The van der Waals surface area contributed by atoms with E-state index < -0.39 is 0 Å². The van der Waals surface area contributed by atoms with Crippen LogP contribution in [0.4, 0.5) is 0 Å². The van der Waals surface area contributed by atoms with Crippen LogP contribution in [0, 0.1) is 48.9 Å². The number of amides is 2. The number of nitriles is 1. The number of hydrogen-bond donors (Lipinski definition) is 0. The summed E-state index contributed by atoms with van der Waals surface area (Å²) in [6, 6.07) is 11.5. The Bertz CT molecular complexity index is 1100. The predicted octanol–water partition coefficient (Wildman–Crippen LogP) is 3.11. The van der Waals surface area contributed by atoms with Crippen LogP contribution in [0.25, 0.3) is 5.69 Å². The zero-order chi connectivity index (χ0) is 20.3. The van der Waals surface area contributed by atoms with Crippen molar-refractivity contribution in [1.29, 1.82) is 5.26 Å². The Morgan fingerprint density at radius 3 is 2.28 bits per heavy atom. The van der Waals surface area contributed by atoms with Crippen LogP contribution in [0.1, 0.15) is 28.9 Å². The van der Waals surface area contributed by atoms with Crippen LogP contribution >= 0.6 is 0 Å². The molecule has 0 N–H and O–H groups in total. The first-order chi connectivity index (χ1) is 14.0. The van der Waals surface area contributed by atoms with Crippen LogP contribution in [0.5, 0.6) is 0 Å². The molecule has 3 aliphatic rings. The van der Waals surface area contributed by atoms with E-state index >= 15 is 0 Å². The second kappa shape index (κ2) is 6.28. The average molecular weight is 384 g/mol. The number of nitrogens with zero attached hydrogens (tertiary/aromatic N) is 4. The normalized spacial score (nSPS) is 27.3. The highest BCUT2D eigenvalue weighted by molar-refractivity contribution is 6.06. The van der Waals surface area contributed by atoms with Crippen LogP contribution in [-0.4, -0.2) is 27.6 Å². The third-order valence-corrected chi connectivity index (χ3v) is 6.48. The molecule has 1 saturated carbocycles. The third-order valence-electron chi connectivity index (χ3n) is 6.48. The number of carbonyl (C=O) groups is 2. The molecule has 6 heteroatoms. The highest BCUT2D eigenvalue weighted by Gasteiger charge is 2.59. The fourth-order valence-corrected chi connectivity index (χ4v) is 5.12. The first-order valence-electron chi connectivity index (χ1n) is 9.79. The van der Waals surface area contributed by atoms with Gasteiger partial charge in [-0.2, -0.15) is 15.4 Å². The number of aryl methyl sites for hydroxylation is 1. The van der Waals surface area contributed by atoms with Gasteiger partial charge in [-0.05, 0) is 62.4 Å². The van der Waals surface area contributed by atoms with Crippen molar-refractivity contribution >= 4 is 18.0 Å². The highest BCUT2D eigenvalue weighted by atomic mass is 16.2. The molecule has 2 heterocycles. The summed E-state index contributed by atoms with van der Waals surface area (Å²) < 4.78 is 2.06. The molecule has 4 atom stereocenters. The zero-order valence-corrected chi connectivity index (χ0v) is 16.2. The maximum Gasteiger partial charge on any atom is 0.254 e. The minimum absolute atomic E-state index is 0.172. The molecule has 1 aliphatic heterocycles. The predicted molar refractivity (Wildman–Crippen MR) is 107 cm³/mol. The summed E-state index contributed by atoms with van der Waals surface area (Å²) in [5, 5.41) is 14.4. The lowest BCUT2D eigenvalue weighted by molar-refractivity contribution is -0.140. The number of hydrogen-bond acceptors (Lipinski definition) is 4. The van der Waals surface area contributed by atoms with Crippen molar-refractivity contribution in [2.24, 2.45) is 28.8 Å². The second-order valence-electron chi connectivity index (χ2n) is 8.05. The van der Waals surface area contributed by atoms with Gasteiger partial charge >= 0.3 is 0 Å². The molecule has 2 aromatic rings. The Morgan fingerprint density at radius 1 is 1.07 bits per heavy atom. The SMILES string of the molecule is Cc1cc(C=NN2C(=O)C3C4C=CC(C4)C3C2=O)c(C)n1-c1ccc(C#N)cc1.